The molecule has 2 rings (SSSR count). The standard InChI is InChI=1S/C14H19N5O4S/c1-2-3-15-11(21)5-17-12(22)6-16-10(20)4-9-13-8(7-24-9)18-14(23)19-13/h1,8-9,13H,3-7H2,(H,15,21)(H,16,20)(H,17,22)(H2,18,19,23). The second kappa shape index (κ2) is 8.44. The fourth-order valence-electron chi connectivity index (χ4n) is 2.45. The minimum atomic E-state index is -0.466. The molecule has 5 N–H and O–H groups in total. The van der Waals surface area contributed by atoms with Crippen LogP contribution in [0, 0.1) is 12.3 Å². The Balaban J connectivity index is 1.63. The molecule has 0 bridgehead atoms. The summed E-state index contributed by atoms with van der Waals surface area (Å²) in [5.74, 6) is 1.86. The summed E-state index contributed by atoms with van der Waals surface area (Å²) in [4.78, 5) is 46.0. The Morgan fingerprint density at radius 1 is 1.12 bits per heavy atom. The van der Waals surface area contributed by atoms with E-state index in [1.807, 2.05) is 0 Å². The molecule has 0 spiro atoms. The zero-order valence-corrected chi connectivity index (χ0v) is 13.7. The molecule has 0 aromatic heterocycles. The van der Waals surface area contributed by atoms with Crippen molar-refractivity contribution in [1.29, 1.82) is 0 Å². The highest BCUT2D eigenvalue weighted by atomic mass is 32.2. The third kappa shape index (κ3) is 5.06. The van der Waals surface area contributed by atoms with Gasteiger partial charge in [-0.3, -0.25) is 14.4 Å². The van der Waals surface area contributed by atoms with Crippen LogP contribution in [0.3, 0.4) is 0 Å². The molecule has 3 unspecified atom stereocenters. The normalized spacial score (nSPS) is 24.1. The number of hydrogen-bond donors (Lipinski definition) is 5. The minimum absolute atomic E-state index is 0.0217. The predicted molar refractivity (Wildman–Crippen MR) is 88.0 cm³/mol. The summed E-state index contributed by atoms with van der Waals surface area (Å²) >= 11 is 1.61. The molecular formula is C14H19N5O4S. The Kier molecular flexibility index (Phi) is 6.31. The van der Waals surface area contributed by atoms with E-state index in [9.17, 15) is 19.2 Å². The first-order valence-corrected chi connectivity index (χ1v) is 8.46. The number of thioether (sulfide) groups is 1. The second-order valence-corrected chi connectivity index (χ2v) is 6.63. The van der Waals surface area contributed by atoms with Gasteiger partial charge in [-0.25, -0.2) is 4.79 Å². The molecule has 3 atom stereocenters. The van der Waals surface area contributed by atoms with Crippen LogP contribution in [0.4, 0.5) is 4.79 Å². The van der Waals surface area contributed by atoms with E-state index in [1.165, 1.54) is 0 Å². The maximum atomic E-state index is 11.9. The van der Waals surface area contributed by atoms with Gasteiger partial charge in [0.15, 0.2) is 0 Å². The minimum Gasteiger partial charge on any atom is -0.347 e. The van der Waals surface area contributed by atoms with E-state index in [1.54, 1.807) is 11.8 Å². The number of nitrogens with one attached hydrogen (secondary N) is 5. The van der Waals surface area contributed by atoms with Crippen LogP contribution >= 0.6 is 11.8 Å². The molecule has 130 valence electrons. The quantitative estimate of drug-likeness (QED) is 0.256. The van der Waals surface area contributed by atoms with Crippen molar-refractivity contribution in [2.24, 2.45) is 0 Å². The molecule has 9 nitrogen and oxygen atoms in total. The summed E-state index contributed by atoms with van der Waals surface area (Å²) in [5.41, 5.74) is 0. The lowest BCUT2D eigenvalue weighted by Gasteiger charge is -2.16. The number of urea groups is 1. The van der Waals surface area contributed by atoms with Crippen LogP contribution in [-0.4, -0.2) is 66.5 Å². The smallest absolute Gasteiger partial charge is 0.315 e. The summed E-state index contributed by atoms with van der Waals surface area (Å²) in [7, 11) is 0. The Bertz CT molecular complexity index is 576. The van der Waals surface area contributed by atoms with Gasteiger partial charge in [0.25, 0.3) is 0 Å². The van der Waals surface area contributed by atoms with Crippen LogP contribution < -0.4 is 26.6 Å². The Morgan fingerprint density at radius 2 is 1.79 bits per heavy atom. The van der Waals surface area contributed by atoms with Crippen molar-refractivity contribution in [2.75, 3.05) is 25.4 Å². The summed E-state index contributed by atoms with van der Waals surface area (Å²) in [6.07, 6.45) is 5.20. The average molecular weight is 353 g/mol. The van der Waals surface area contributed by atoms with Crippen LogP contribution in [0.5, 0.6) is 0 Å². The Hall–Kier alpha value is -2.41. The highest BCUT2D eigenvalue weighted by molar-refractivity contribution is 8.00. The summed E-state index contributed by atoms with van der Waals surface area (Å²) in [6.45, 7) is -0.314. The van der Waals surface area contributed by atoms with Crippen LogP contribution in [-0.2, 0) is 14.4 Å². The van der Waals surface area contributed by atoms with Gasteiger partial charge in [-0.05, 0) is 0 Å². The molecule has 24 heavy (non-hydrogen) atoms. The molecule has 0 aromatic carbocycles. The highest BCUT2D eigenvalue weighted by Gasteiger charge is 2.43. The van der Waals surface area contributed by atoms with E-state index in [0.717, 1.165) is 5.75 Å². The average Bonchev–Trinajstić information content (AvgIpc) is 3.09. The van der Waals surface area contributed by atoms with Gasteiger partial charge in [0.05, 0.1) is 31.7 Å². The lowest BCUT2D eigenvalue weighted by molar-refractivity contribution is -0.127. The molecule has 2 fully saturated rings. The fraction of sp³-hybridized carbons (Fsp3) is 0.571. The summed E-state index contributed by atoms with van der Waals surface area (Å²) in [5, 5.41) is 12.9. The van der Waals surface area contributed by atoms with Gasteiger partial charge in [0, 0.05) is 17.4 Å². The van der Waals surface area contributed by atoms with Crippen molar-refractivity contribution in [3.63, 3.8) is 0 Å². The van der Waals surface area contributed by atoms with Gasteiger partial charge in [-0.15, -0.1) is 6.42 Å². The van der Waals surface area contributed by atoms with Gasteiger partial charge in [0.1, 0.15) is 0 Å². The van der Waals surface area contributed by atoms with Gasteiger partial charge < -0.3 is 26.6 Å². The molecule has 2 aliphatic heterocycles. The number of terminal acetylenes is 1. The molecule has 2 heterocycles. The second-order valence-electron chi connectivity index (χ2n) is 5.36. The summed E-state index contributed by atoms with van der Waals surface area (Å²) < 4.78 is 0. The van der Waals surface area contributed by atoms with Crippen molar-refractivity contribution in [1.82, 2.24) is 26.6 Å². The highest BCUT2D eigenvalue weighted by Crippen LogP contribution is 2.31. The maximum Gasteiger partial charge on any atom is 0.315 e. The van der Waals surface area contributed by atoms with Crippen LogP contribution in [0.2, 0.25) is 0 Å². The summed E-state index contributed by atoms with van der Waals surface area (Å²) in [6, 6.07) is -0.231. The first-order chi connectivity index (χ1) is 11.5. The molecule has 0 saturated carbocycles. The van der Waals surface area contributed by atoms with Crippen LogP contribution in [0.25, 0.3) is 0 Å². The lowest BCUT2D eigenvalue weighted by Crippen LogP contribution is -2.43. The first-order valence-electron chi connectivity index (χ1n) is 7.41. The van der Waals surface area contributed by atoms with Gasteiger partial charge >= 0.3 is 6.03 Å². The first kappa shape index (κ1) is 17.9. The molecule has 10 heteroatoms. The number of hydrogen-bond acceptors (Lipinski definition) is 5. The number of carbonyl (C=O) groups excluding carboxylic acids is 4. The van der Waals surface area contributed by atoms with Crippen molar-refractivity contribution in [3.05, 3.63) is 0 Å². The molecule has 5 amide bonds. The fourth-order valence-corrected chi connectivity index (χ4v) is 3.93. The largest absolute Gasteiger partial charge is 0.347 e. The topological polar surface area (TPSA) is 128 Å². The number of rotatable bonds is 7. The van der Waals surface area contributed by atoms with Crippen LogP contribution in [0.15, 0.2) is 0 Å². The van der Waals surface area contributed by atoms with Crippen molar-refractivity contribution >= 4 is 35.5 Å². The van der Waals surface area contributed by atoms with E-state index in [-0.39, 0.29) is 55.3 Å². The Morgan fingerprint density at radius 3 is 2.50 bits per heavy atom. The third-order valence-corrected chi connectivity index (χ3v) is 5.04. The SMILES string of the molecule is C#CCNC(=O)CNC(=O)CNC(=O)CC1SCC2NC(=O)NC21. The number of fused-ring (bicyclic) bond motifs is 1. The van der Waals surface area contributed by atoms with Crippen LogP contribution in [0.1, 0.15) is 6.42 Å². The Labute approximate surface area is 143 Å². The van der Waals surface area contributed by atoms with Gasteiger partial charge in [-0.2, -0.15) is 11.8 Å². The van der Waals surface area contributed by atoms with Gasteiger partial charge in [0.2, 0.25) is 17.7 Å². The molecular weight excluding hydrogens is 334 g/mol. The molecule has 0 aliphatic carbocycles. The van der Waals surface area contributed by atoms with Crippen molar-refractivity contribution < 1.29 is 19.2 Å². The van der Waals surface area contributed by atoms with E-state index >= 15 is 0 Å². The predicted octanol–water partition coefficient (Wildman–Crippen LogP) is -2.48. The van der Waals surface area contributed by atoms with Gasteiger partial charge in [-0.1, -0.05) is 5.92 Å². The number of amides is 5. The van der Waals surface area contributed by atoms with Crippen molar-refractivity contribution in [3.8, 4) is 12.3 Å². The molecule has 2 saturated heterocycles. The monoisotopic (exact) mass is 353 g/mol. The number of carbonyl (C=O) groups is 4. The third-order valence-electron chi connectivity index (χ3n) is 3.60. The lowest BCUT2D eigenvalue weighted by atomic mass is 10.1. The zero-order valence-electron chi connectivity index (χ0n) is 12.9. The molecule has 0 radical (unpaired) electrons. The van der Waals surface area contributed by atoms with E-state index < -0.39 is 11.8 Å². The molecule has 0 aromatic rings. The molecule has 2 aliphatic rings. The van der Waals surface area contributed by atoms with E-state index in [0.29, 0.717) is 0 Å². The zero-order chi connectivity index (χ0) is 17.5. The van der Waals surface area contributed by atoms with E-state index in [4.69, 9.17) is 6.42 Å². The van der Waals surface area contributed by atoms with Crippen molar-refractivity contribution in [2.45, 2.75) is 23.8 Å². The van der Waals surface area contributed by atoms with E-state index in [2.05, 4.69) is 32.5 Å². The maximum absolute atomic E-state index is 11.9.